The van der Waals surface area contributed by atoms with Gasteiger partial charge in [-0.3, -0.25) is 0 Å². The lowest BCUT2D eigenvalue weighted by atomic mass is 10.2. The van der Waals surface area contributed by atoms with Gasteiger partial charge in [0, 0.05) is 30.8 Å². The van der Waals surface area contributed by atoms with Crippen molar-refractivity contribution in [2.75, 3.05) is 25.6 Å². The number of aryl methyl sites for hydroxylation is 2. The van der Waals surface area contributed by atoms with Crippen LogP contribution in [0.15, 0.2) is 30.3 Å². The molecular weight excluding hydrogens is 364 g/mol. The number of aromatic nitrogens is 3. The fourth-order valence-electron chi connectivity index (χ4n) is 3.16. The van der Waals surface area contributed by atoms with Crippen LogP contribution in [0, 0.1) is 25.7 Å². The van der Waals surface area contributed by atoms with Crippen molar-refractivity contribution < 1.29 is 9.47 Å². The van der Waals surface area contributed by atoms with Crippen LogP contribution >= 0.6 is 0 Å². The van der Waals surface area contributed by atoms with Gasteiger partial charge < -0.3 is 19.8 Å². The first-order chi connectivity index (χ1) is 14.1. The second-order valence-corrected chi connectivity index (χ2v) is 6.75. The Bertz CT molecular complexity index is 1020. The Balaban J connectivity index is 1.65. The van der Waals surface area contributed by atoms with E-state index in [0.29, 0.717) is 45.2 Å². The van der Waals surface area contributed by atoms with Crippen molar-refractivity contribution in [2.45, 2.75) is 40.3 Å². The molecule has 0 aliphatic rings. The number of hydrogen-bond acceptors (Lipinski definition) is 5. The molecule has 0 saturated heterocycles. The van der Waals surface area contributed by atoms with Gasteiger partial charge in [-0.1, -0.05) is 30.0 Å². The number of hydrogen-bond donors (Lipinski definition) is 1. The van der Waals surface area contributed by atoms with Gasteiger partial charge in [0.05, 0.1) is 18.7 Å². The Morgan fingerprint density at radius 2 is 1.86 bits per heavy atom. The predicted molar refractivity (Wildman–Crippen MR) is 116 cm³/mol. The second kappa shape index (κ2) is 10.1. The fourth-order valence-corrected chi connectivity index (χ4v) is 3.16. The number of imidazole rings is 1. The predicted octanol–water partition coefficient (Wildman–Crippen LogP) is 3.63. The van der Waals surface area contributed by atoms with Crippen LogP contribution in [0.1, 0.15) is 36.0 Å². The molecule has 152 valence electrons. The maximum absolute atomic E-state index is 6.12. The van der Waals surface area contributed by atoms with Gasteiger partial charge in [-0.2, -0.15) is 0 Å². The second-order valence-electron chi connectivity index (χ2n) is 6.75. The number of fused-ring (bicyclic) bond motifs is 1. The van der Waals surface area contributed by atoms with E-state index < -0.39 is 0 Å². The molecule has 6 heteroatoms. The topological polar surface area (TPSA) is 75.2 Å². The van der Waals surface area contributed by atoms with Crippen molar-refractivity contribution >= 4 is 16.9 Å². The van der Waals surface area contributed by atoms with Gasteiger partial charge >= 0.3 is 0 Å². The van der Waals surface area contributed by atoms with Gasteiger partial charge in [0.15, 0.2) is 5.82 Å². The molecule has 0 saturated carbocycles. The van der Waals surface area contributed by atoms with Crippen LogP contribution in [-0.2, 0) is 22.6 Å². The molecule has 1 aromatic carbocycles. The van der Waals surface area contributed by atoms with Crippen molar-refractivity contribution in [3.63, 3.8) is 0 Å². The third-order valence-electron chi connectivity index (χ3n) is 4.75. The van der Waals surface area contributed by atoms with Crippen molar-refractivity contribution in [3.05, 3.63) is 53.0 Å². The highest BCUT2D eigenvalue weighted by Crippen LogP contribution is 2.26. The lowest BCUT2D eigenvalue weighted by molar-refractivity contribution is 0.115. The van der Waals surface area contributed by atoms with E-state index in [4.69, 9.17) is 15.2 Å². The number of rotatable bonds is 8. The molecule has 0 amide bonds. The van der Waals surface area contributed by atoms with Crippen molar-refractivity contribution in [3.8, 4) is 11.8 Å². The Labute approximate surface area is 172 Å². The Morgan fingerprint density at radius 3 is 2.62 bits per heavy atom. The zero-order valence-electron chi connectivity index (χ0n) is 17.4. The Morgan fingerprint density at radius 1 is 1.07 bits per heavy atom. The van der Waals surface area contributed by atoms with Gasteiger partial charge in [0.1, 0.15) is 17.9 Å². The molecule has 29 heavy (non-hydrogen) atoms. The SMILES string of the molecule is CCOCc1nc2c(N)nc(C)c(C)c2n1CCOCCC#Cc1ccccc1. The fraction of sp³-hybridized carbons (Fsp3) is 0.391. The molecular formula is C23H28N4O2. The van der Waals surface area contributed by atoms with Crippen molar-refractivity contribution in [2.24, 2.45) is 0 Å². The first-order valence-electron chi connectivity index (χ1n) is 9.93. The largest absolute Gasteiger partial charge is 0.382 e. The quantitative estimate of drug-likeness (QED) is 0.468. The summed E-state index contributed by atoms with van der Waals surface area (Å²) < 4.78 is 13.6. The normalized spacial score (nSPS) is 10.9. The summed E-state index contributed by atoms with van der Waals surface area (Å²) in [6, 6.07) is 9.97. The lowest BCUT2D eigenvalue weighted by Crippen LogP contribution is -2.12. The highest BCUT2D eigenvalue weighted by Gasteiger charge is 2.17. The van der Waals surface area contributed by atoms with Crippen molar-refractivity contribution in [1.82, 2.24) is 14.5 Å². The average molecular weight is 393 g/mol. The zero-order valence-corrected chi connectivity index (χ0v) is 17.4. The van der Waals surface area contributed by atoms with E-state index in [2.05, 4.69) is 26.4 Å². The van der Waals surface area contributed by atoms with Crippen LogP contribution in [0.3, 0.4) is 0 Å². The zero-order chi connectivity index (χ0) is 20.6. The molecule has 0 fully saturated rings. The third-order valence-corrected chi connectivity index (χ3v) is 4.75. The minimum absolute atomic E-state index is 0.436. The van der Waals surface area contributed by atoms with E-state index in [1.54, 1.807) is 0 Å². The highest BCUT2D eigenvalue weighted by molar-refractivity contribution is 5.88. The standard InChI is InChI=1S/C23H28N4O2/c1-4-28-16-20-26-21-22(17(2)18(3)25-23(21)24)27(20)13-15-29-14-9-8-12-19-10-6-5-7-11-19/h5-7,10-11H,4,9,13-16H2,1-3H3,(H2,24,25). The summed E-state index contributed by atoms with van der Waals surface area (Å²) in [7, 11) is 0. The number of benzene rings is 1. The van der Waals surface area contributed by atoms with E-state index >= 15 is 0 Å². The Hall–Kier alpha value is -2.88. The minimum atomic E-state index is 0.436. The molecule has 3 aromatic rings. The molecule has 2 N–H and O–H groups in total. The van der Waals surface area contributed by atoms with Gasteiger partial charge in [-0.15, -0.1) is 0 Å². The molecule has 0 spiro atoms. The van der Waals surface area contributed by atoms with E-state index in [0.717, 1.165) is 33.7 Å². The summed E-state index contributed by atoms with van der Waals surface area (Å²) >= 11 is 0. The molecule has 2 aromatic heterocycles. The molecule has 0 atom stereocenters. The lowest BCUT2D eigenvalue weighted by Gasteiger charge is -2.12. The smallest absolute Gasteiger partial charge is 0.151 e. The molecule has 0 radical (unpaired) electrons. The van der Waals surface area contributed by atoms with Gasteiger partial charge in [-0.05, 0) is 38.5 Å². The molecule has 2 heterocycles. The molecule has 0 unspecified atom stereocenters. The van der Waals surface area contributed by atoms with Crippen LogP contribution in [-0.4, -0.2) is 34.4 Å². The minimum Gasteiger partial charge on any atom is -0.382 e. The summed E-state index contributed by atoms with van der Waals surface area (Å²) in [5.74, 6) is 7.59. The van der Waals surface area contributed by atoms with E-state index in [-0.39, 0.29) is 0 Å². The van der Waals surface area contributed by atoms with E-state index in [9.17, 15) is 0 Å². The molecule has 3 rings (SSSR count). The summed E-state index contributed by atoms with van der Waals surface area (Å²) in [6.07, 6.45) is 0.695. The number of anilines is 1. The van der Waals surface area contributed by atoms with Gasteiger partial charge in [0.25, 0.3) is 0 Å². The third kappa shape index (κ3) is 5.14. The van der Waals surface area contributed by atoms with Crippen molar-refractivity contribution in [1.29, 1.82) is 0 Å². The Kier molecular flexibility index (Phi) is 7.23. The molecule has 0 aliphatic carbocycles. The monoisotopic (exact) mass is 392 g/mol. The summed E-state index contributed by atoms with van der Waals surface area (Å²) in [6.45, 7) is 8.89. The summed E-state index contributed by atoms with van der Waals surface area (Å²) in [5, 5.41) is 0. The number of nitrogen functional groups attached to an aromatic ring is 1. The summed E-state index contributed by atoms with van der Waals surface area (Å²) in [4.78, 5) is 9.09. The van der Waals surface area contributed by atoms with Crippen LogP contribution in [0.4, 0.5) is 5.82 Å². The molecule has 0 bridgehead atoms. The highest BCUT2D eigenvalue weighted by atomic mass is 16.5. The van der Waals surface area contributed by atoms with E-state index in [1.165, 1.54) is 0 Å². The number of pyridine rings is 1. The van der Waals surface area contributed by atoms with Crippen LogP contribution in [0.25, 0.3) is 11.0 Å². The number of nitrogens with zero attached hydrogens (tertiary/aromatic N) is 3. The average Bonchev–Trinajstić information content (AvgIpc) is 3.09. The first-order valence-corrected chi connectivity index (χ1v) is 9.93. The van der Waals surface area contributed by atoms with E-state index in [1.807, 2.05) is 51.1 Å². The molecule has 0 aliphatic heterocycles. The number of nitrogens with two attached hydrogens (primary N) is 1. The van der Waals surface area contributed by atoms with Gasteiger partial charge in [0.2, 0.25) is 0 Å². The van der Waals surface area contributed by atoms with Crippen LogP contribution in [0.5, 0.6) is 0 Å². The first kappa shape index (κ1) is 20.8. The number of ether oxygens (including phenoxy) is 2. The molecule has 6 nitrogen and oxygen atoms in total. The maximum atomic E-state index is 6.12. The maximum Gasteiger partial charge on any atom is 0.151 e. The van der Waals surface area contributed by atoms with Crippen LogP contribution in [0.2, 0.25) is 0 Å². The van der Waals surface area contributed by atoms with Gasteiger partial charge in [-0.25, -0.2) is 9.97 Å². The van der Waals surface area contributed by atoms with Crippen LogP contribution < -0.4 is 5.73 Å². The summed E-state index contributed by atoms with van der Waals surface area (Å²) in [5.41, 5.74) is 10.9.